The van der Waals surface area contributed by atoms with E-state index in [9.17, 15) is 13.2 Å². The molecule has 0 radical (unpaired) electrons. The Hall–Kier alpha value is -0.420. The molecule has 0 aromatic rings. The molecular weight excluding hydrogens is 240 g/mol. The zero-order valence-electron chi connectivity index (χ0n) is 10.7. The second kappa shape index (κ2) is 3.79. The summed E-state index contributed by atoms with van der Waals surface area (Å²) in [4.78, 5) is 12.1. The van der Waals surface area contributed by atoms with Gasteiger partial charge in [0.2, 0.25) is 0 Å². The topological polar surface area (TPSA) is 60.4 Å². The minimum atomic E-state index is -3.58. The molecule has 0 aromatic carbocycles. The Morgan fingerprint density at radius 1 is 1.41 bits per heavy atom. The van der Waals surface area contributed by atoms with Gasteiger partial charge < -0.3 is 0 Å². The lowest BCUT2D eigenvalue weighted by Crippen LogP contribution is -2.42. The van der Waals surface area contributed by atoms with E-state index in [1.54, 1.807) is 6.92 Å². The molecule has 0 amide bonds. The highest BCUT2D eigenvalue weighted by molar-refractivity contribution is 7.86. The third-order valence-corrected chi connectivity index (χ3v) is 6.30. The Kier molecular flexibility index (Phi) is 2.90. The predicted molar refractivity (Wildman–Crippen MR) is 64.0 cm³/mol. The molecule has 98 valence electrons. The van der Waals surface area contributed by atoms with E-state index >= 15 is 0 Å². The minimum Gasteiger partial charge on any atom is -0.299 e. The van der Waals surface area contributed by atoms with E-state index in [1.165, 1.54) is 0 Å². The molecule has 0 aliphatic heterocycles. The van der Waals surface area contributed by atoms with Gasteiger partial charge >= 0.3 is 0 Å². The van der Waals surface area contributed by atoms with Gasteiger partial charge in [-0.1, -0.05) is 13.8 Å². The van der Waals surface area contributed by atoms with Crippen LogP contribution in [0.4, 0.5) is 0 Å². The number of carbonyl (C=O) groups is 1. The van der Waals surface area contributed by atoms with Crippen LogP contribution in [0.3, 0.4) is 0 Å². The maximum Gasteiger partial charge on any atom is 0.268 e. The van der Waals surface area contributed by atoms with Gasteiger partial charge in [0.05, 0.1) is 17.8 Å². The Labute approximate surface area is 103 Å². The number of hydrogen-bond acceptors (Lipinski definition) is 4. The Morgan fingerprint density at radius 3 is 2.47 bits per heavy atom. The van der Waals surface area contributed by atoms with Crippen LogP contribution in [-0.4, -0.2) is 26.6 Å². The van der Waals surface area contributed by atoms with Gasteiger partial charge in [0, 0.05) is 6.42 Å². The summed E-state index contributed by atoms with van der Waals surface area (Å²) in [6, 6.07) is 0. The standard InChI is InChI=1S/C12H20O4S/c1-4-16-17(14,15)8-12-6-5-9(7-10(12)13)11(12,2)3/h9H,4-8H2,1-3H3/t9?,12-/m1/s1. The van der Waals surface area contributed by atoms with E-state index in [4.69, 9.17) is 4.18 Å². The molecule has 2 atom stereocenters. The van der Waals surface area contributed by atoms with Crippen LogP contribution in [-0.2, 0) is 19.1 Å². The monoisotopic (exact) mass is 260 g/mol. The van der Waals surface area contributed by atoms with E-state index in [-0.39, 0.29) is 23.6 Å². The molecule has 0 spiro atoms. The van der Waals surface area contributed by atoms with E-state index in [2.05, 4.69) is 0 Å². The molecule has 1 unspecified atom stereocenters. The normalized spacial score (nSPS) is 35.5. The number of Topliss-reactive ketones (excluding diaryl/α,β-unsaturated/α-hetero) is 1. The molecule has 0 saturated heterocycles. The Morgan fingerprint density at radius 2 is 2.06 bits per heavy atom. The summed E-state index contributed by atoms with van der Waals surface area (Å²) >= 11 is 0. The molecule has 2 aliphatic carbocycles. The lowest BCUT2D eigenvalue weighted by atomic mass is 9.70. The van der Waals surface area contributed by atoms with Crippen molar-refractivity contribution < 1.29 is 17.4 Å². The van der Waals surface area contributed by atoms with Crippen LogP contribution in [0.2, 0.25) is 0 Å². The van der Waals surface area contributed by atoms with Crippen LogP contribution in [0.25, 0.3) is 0 Å². The molecule has 17 heavy (non-hydrogen) atoms. The summed E-state index contributed by atoms with van der Waals surface area (Å²) in [5.74, 6) is 0.310. The van der Waals surface area contributed by atoms with Gasteiger partial charge in [0.15, 0.2) is 0 Å². The summed E-state index contributed by atoms with van der Waals surface area (Å²) in [6.07, 6.45) is 2.19. The van der Waals surface area contributed by atoms with Crippen LogP contribution >= 0.6 is 0 Å². The number of hydrogen-bond donors (Lipinski definition) is 0. The molecular formula is C12H20O4S. The summed E-state index contributed by atoms with van der Waals surface area (Å²) in [5, 5.41) is 0. The smallest absolute Gasteiger partial charge is 0.268 e. The second-order valence-corrected chi connectivity index (χ2v) is 7.41. The summed E-state index contributed by atoms with van der Waals surface area (Å²) in [6.45, 7) is 5.83. The van der Waals surface area contributed by atoms with E-state index in [0.29, 0.717) is 18.8 Å². The van der Waals surface area contributed by atoms with Crippen molar-refractivity contribution in [1.82, 2.24) is 0 Å². The molecule has 2 bridgehead atoms. The van der Waals surface area contributed by atoms with Gasteiger partial charge in [0.25, 0.3) is 10.1 Å². The van der Waals surface area contributed by atoms with Crippen molar-refractivity contribution in [3.05, 3.63) is 0 Å². The number of rotatable bonds is 4. The quantitative estimate of drug-likeness (QED) is 0.722. The van der Waals surface area contributed by atoms with E-state index in [0.717, 1.165) is 6.42 Å². The average molecular weight is 260 g/mol. The third kappa shape index (κ3) is 1.74. The minimum absolute atomic E-state index is 0.113. The van der Waals surface area contributed by atoms with Gasteiger partial charge in [-0.25, -0.2) is 0 Å². The molecule has 5 heteroatoms. The highest BCUT2D eigenvalue weighted by Crippen LogP contribution is 2.64. The Bertz CT molecular complexity index is 437. The molecule has 0 N–H and O–H groups in total. The van der Waals surface area contributed by atoms with Gasteiger partial charge in [-0.15, -0.1) is 0 Å². The van der Waals surface area contributed by atoms with Gasteiger partial charge in [-0.05, 0) is 31.1 Å². The van der Waals surface area contributed by atoms with E-state index in [1.807, 2.05) is 13.8 Å². The summed E-state index contributed by atoms with van der Waals surface area (Å²) < 4.78 is 28.5. The summed E-state index contributed by atoms with van der Waals surface area (Å²) in [5.41, 5.74) is -0.917. The third-order valence-electron chi connectivity index (χ3n) is 4.86. The molecule has 2 saturated carbocycles. The van der Waals surface area contributed by atoms with Crippen molar-refractivity contribution in [2.45, 2.75) is 40.0 Å². The van der Waals surface area contributed by atoms with Crippen LogP contribution in [0.1, 0.15) is 40.0 Å². The van der Waals surface area contributed by atoms with Crippen LogP contribution in [0.5, 0.6) is 0 Å². The fourth-order valence-electron chi connectivity index (χ4n) is 3.63. The maximum absolute atomic E-state index is 12.1. The van der Waals surface area contributed by atoms with Crippen molar-refractivity contribution in [3.8, 4) is 0 Å². The molecule has 2 fully saturated rings. The van der Waals surface area contributed by atoms with Gasteiger partial charge in [0.1, 0.15) is 5.78 Å². The number of carbonyl (C=O) groups excluding carboxylic acids is 1. The van der Waals surface area contributed by atoms with Crippen molar-refractivity contribution in [2.24, 2.45) is 16.7 Å². The largest absolute Gasteiger partial charge is 0.299 e. The number of fused-ring (bicyclic) bond motifs is 2. The van der Waals surface area contributed by atoms with Crippen LogP contribution in [0.15, 0.2) is 0 Å². The van der Waals surface area contributed by atoms with Crippen LogP contribution < -0.4 is 0 Å². The van der Waals surface area contributed by atoms with Crippen molar-refractivity contribution in [2.75, 3.05) is 12.4 Å². The molecule has 2 rings (SSSR count). The fourth-order valence-corrected chi connectivity index (χ4v) is 5.35. The zero-order valence-corrected chi connectivity index (χ0v) is 11.5. The maximum atomic E-state index is 12.1. The first-order chi connectivity index (χ1) is 7.75. The first-order valence-electron chi connectivity index (χ1n) is 6.15. The van der Waals surface area contributed by atoms with Crippen molar-refractivity contribution in [3.63, 3.8) is 0 Å². The van der Waals surface area contributed by atoms with Gasteiger partial charge in [-0.3, -0.25) is 8.98 Å². The Balaban J connectivity index is 2.33. The highest BCUT2D eigenvalue weighted by atomic mass is 32.2. The first kappa shape index (κ1) is 13.0. The van der Waals surface area contributed by atoms with E-state index < -0.39 is 15.5 Å². The van der Waals surface area contributed by atoms with Crippen molar-refractivity contribution >= 4 is 15.9 Å². The fraction of sp³-hybridized carbons (Fsp3) is 0.917. The lowest BCUT2D eigenvalue weighted by Gasteiger charge is -2.35. The lowest BCUT2D eigenvalue weighted by molar-refractivity contribution is -0.128. The average Bonchev–Trinajstić information content (AvgIpc) is 2.50. The van der Waals surface area contributed by atoms with Crippen LogP contribution in [0, 0.1) is 16.7 Å². The molecule has 0 heterocycles. The van der Waals surface area contributed by atoms with Gasteiger partial charge in [-0.2, -0.15) is 8.42 Å². The predicted octanol–water partition coefficient (Wildman–Crippen LogP) is 1.75. The summed E-state index contributed by atoms with van der Waals surface area (Å²) in [7, 11) is -3.58. The zero-order chi connectivity index (χ0) is 12.9. The van der Waals surface area contributed by atoms with Crippen molar-refractivity contribution in [1.29, 1.82) is 0 Å². The molecule has 4 nitrogen and oxygen atoms in total. The first-order valence-corrected chi connectivity index (χ1v) is 7.73. The SMILES string of the molecule is CCOS(=O)(=O)C[C@]12CCC(CC1=O)C2(C)C. The molecule has 0 aromatic heterocycles. The molecule has 2 aliphatic rings. The highest BCUT2D eigenvalue weighted by Gasteiger charge is 2.65. The number of ketones is 1. The second-order valence-electron chi connectivity index (χ2n) is 5.78.